The van der Waals surface area contributed by atoms with E-state index in [-0.39, 0.29) is 0 Å². The third-order valence-corrected chi connectivity index (χ3v) is 3.44. The molecule has 1 N–H and O–H groups in total. The summed E-state index contributed by atoms with van der Waals surface area (Å²) in [4.78, 5) is 0. The Hall–Kier alpha value is -0.830. The van der Waals surface area contributed by atoms with Crippen LogP contribution in [0.1, 0.15) is 38.8 Å². The van der Waals surface area contributed by atoms with E-state index in [9.17, 15) is 0 Å². The zero-order valence-electron chi connectivity index (χ0n) is 9.90. The van der Waals surface area contributed by atoms with Crippen LogP contribution in [-0.4, -0.2) is 16.3 Å². The topological polar surface area (TPSA) is 29.9 Å². The highest BCUT2D eigenvalue weighted by Crippen LogP contribution is 2.37. The van der Waals surface area contributed by atoms with Crippen LogP contribution in [0.2, 0.25) is 0 Å². The molecule has 0 aromatic carbocycles. The van der Waals surface area contributed by atoms with Gasteiger partial charge >= 0.3 is 0 Å². The first-order valence-corrected chi connectivity index (χ1v) is 5.96. The molecule has 1 aliphatic rings. The van der Waals surface area contributed by atoms with Gasteiger partial charge in [0, 0.05) is 24.3 Å². The smallest absolute Gasteiger partial charge is 0.0537 e. The first-order valence-electron chi connectivity index (χ1n) is 5.96. The van der Waals surface area contributed by atoms with Crippen LogP contribution in [0.5, 0.6) is 0 Å². The SMILES string of the molecule is CCn1cc(C(C)NCC2CC2C)cn1. The van der Waals surface area contributed by atoms with Crippen molar-refractivity contribution in [1.82, 2.24) is 15.1 Å². The van der Waals surface area contributed by atoms with Gasteiger partial charge in [-0.15, -0.1) is 0 Å². The van der Waals surface area contributed by atoms with E-state index in [1.54, 1.807) is 0 Å². The highest BCUT2D eigenvalue weighted by molar-refractivity contribution is 5.09. The van der Waals surface area contributed by atoms with E-state index < -0.39 is 0 Å². The zero-order chi connectivity index (χ0) is 10.8. The van der Waals surface area contributed by atoms with Crippen molar-refractivity contribution < 1.29 is 0 Å². The van der Waals surface area contributed by atoms with Crippen molar-refractivity contribution in [3.63, 3.8) is 0 Å². The number of nitrogens with one attached hydrogen (secondary N) is 1. The lowest BCUT2D eigenvalue weighted by Gasteiger charge is -2.11. The second kappa shape index (κ2) is 4.35. The molecule has 2 rings (SSSR count). The summed E-state index contributed by atoms with van der Waals surface area (Å²) in [7, 11) is 0. The molecule has 1 saturated carbocycles. The van der Waals surface area contributed by atoms with Gasteiger partial charge in [-0.2, -0.15) is 5.10 Å². The molecule has 0 amide bonds. The van der Waals surface area contributed by atoms with Gasteiger partial charge in [0.25, 0.3) is 0 Å². The van der Waals surface area contributed by atoms with Crippen LogP contribution in [0.3, 0.4) is 0 Å². The Morgan fingerprint density at radius 1 is 1.67 bits per heavy atom. The van der Waals surface area contributed by atoms with E-state index >= 15 is 0 Å². The zero-order valence-corrected chi connectivity index (χ0v) is 9.90. The van der Waals surface area contributed by atoms with Gasteiger partial charge in [-0.3, -0.25) is 4.68 Å². The predicted octanol–water partition coefficient (Wildman–Crippen LogP) is 2.21. The number of hydrogen-bond donors (Lipinski definition) is 1. The van der Waals surface area contributed by atoms with Gasteiger partial charge in [0.05, 0.1) is 6.20 Å². The number of aromatic nitrogens is 2. The normalized spacial score (nSPS) is 26.6. The van der Waals surface area contributed by atoms with E-state index in [2.05, 4.69) is 37.4 Å². The molecule has 1 aromatic rings. The van der Waals surface area contributed by atoms with Gasteiger partial charge in [-0.1, -0.05) is 6.92 Å². The lowest BCUT2D eigenvalue weighted by Crippen LogP contribution is -2.21. The van der Waals surface area contributed by atoms with Crippen molar-refractivity contribution in [2.45, 2.75) is 39.8 Å². The fourth-order valence-corrected chi connectivity index (χ4v) is 1.91. The number of hydrogen-bond acceptors (Lipinski definition) is 2. The van der Waals surface area contributed by atoms with Crippen LogP contribution in [0, 0.1) is 11.8 Å². The summed E-state index contributed by atoms with van der Waals surface area (Å²) in [5.41, 5.74) is 1.30. The Kier molecular flexibility index (Phi) is 3.10. The van der Waals surface area contributed by atoms with Gasteiger partial charge in [0.15, 0.2) is 0 Å². The second-order valence-electron chi connectivity index (χ2n) is 4.73. The van der Waals surface area contributed by atoms with Gasteiger partial charge in [0.1, 0.15) is 0 Å². The average Bonchev–Trinajstić information content (AvgIpc) is 2.78. The Labute approximate surface area is 91.9 Å². The van der Waals surface area contributed by atoms with E-state index in [1.165, 1.54) is 12.0 Å². The molecular weight excluding hydrogens is 186 g/mol. The number of rotatable bonds is 5. The minimum atomic E-state index is 0.429. The lowest BCUT2D eigenvalue weighted by molar-refractivity contribution is 0.534. The van der Waals surface area contributed by atoms with Crippen LogP contribution in [-0.2, 0) is 6.54 Å². The minimum Gasteiger partial charge on any atom is -0.310 e. The Morgan fingerprint density at radius 3 is 2.93 bits per heavy atom. The molecule has 1 aromatic heterocycles. The third kappa shape index (κ3) is 2.59. The predicted molar refractivity (Wildman–Crippen MR) is 61.6 cm³/mol. The molecule has 1 heterocycles. The molecule has 3 heteroatoms. The van der Waals surface area contributed by atoms with E-state index in [0.29, 0.717) is 6.04 Å². The van der Waals surface area contributed by atoms with Crippen molar-refractivity contribution >= 4 is 0 Å². The molecule has 0 aliphatic heterocycles. The molecule has 0 bridgehead atoms. The Bertz CT molecular complexity index is 318. The first kappa shape index (κ1) is 10.7. The molecule has 84 valence electrons. The Balaban J connectivity index is 1.81. The molecule has 15 heavy (non-hydrogen) atoms. The standard InChI is InChI=1S/C12H21N3/c1-4-15-8-12(7-14-15)10(3)13-6-11-5-9(11)2/h7-11,13H,4-6H2,1-3H3. The number of nitrogens with zero attached hydrogens (tertiary/aromatic N) is 2. The van der Waals surface area contributed by atoms with Crippen LogP contribution in [0.4, 0.5) is 0 Å². The summed E-state index contributed by atoms with van der Waals surface area (Å²) in [6.07, 6.45) is 5.50. The average molecular weight is 207 g/mol. The molecule has 0 saturated heterocycles. The van der Waals surface area contributed by atoms with Crippen molar-refractivity contribution in [1.29, 1.82) is 0 Å². The van der Waals surface area contributed by atoms with Crippen molar-refractivity contribution in [3.05, 3.63) is 18.0 Å². The molecule has 3 atom stereocenters. The molecule has 3 unspecified atom stereocenters. The number of aryl methyl sites for hydroxylation is 1. The van der Waals surface area contributed by atoms with Crippen LogP contribution >= 0.6 is 0 Å². The van der Waals surface area contributed by atoms with Gasteiger partial charge < -0.3 is 5.32 Å². The molecule has 0 radical (unpaired) electrons. The molecular formula is C12H21N3. The van der Waals surface area contributed by atoms with Crippen LogP contribution in [0.25, 0.3) is 0 Å². The molecule has 0 spiro atoms. The maximum Gasteiger partial charge on any atom is 0.0537 e. The lowest BCUT2D eigenvalue weighted by atomic mass is 10.2. The summed E-state index contributed by atoms with van der Waals surface area (Å²) in [5.74, 6) is 1.84. The summed E-state index contributed by atoms with van der Waals surface area (Å²) in [5, 5.41) is 7.87. The quantitative estimate of drug-likeness (QED) is 0.802. The summed E-state index contributed by atoms with van der Waals surface area (Å²) < 4.78 is 1.98. The third-order valence-electron chi connectivity index (χ3n) is 3.44. The molecule has 3 nitrogen and oxygen atoms in total. The van der Waals surface area contributed by atoms with E-state index in [4.69, 9.17) is 0 Å². The molecule has 1 aliphatic carbocycles. The van der Waals surface area contributed by atoms with Crippen LogP contribution < -0.4 is 5.32 Å². The maximum absolute atomic E-state index is 4.29. The van der Waals surface area contributed by atoms with Crippen molar-refractivity contribution in [2.24, 2.45) is 11.8 Å². The first-order chi connectivity index (χ1) is 7.20. The van der Waals surface area contributed by atoms with Gasteiger partial charge in [-0.05, 0) is 38.6 Å². The van der Waals surface area contributed by atoms with Gasteiger partial charge in [-0.25, -0.2) is 0 Å². The second-order valence-corrected chi connectivity index (χ2v) is 4.73. The fraction of sp³-hybridized carbons (Fsp3) is 0.750. The highest BCUT2D eigenvalue weighted by atomic mass is 15.3. The van der Waals surface area contributed by atoms with Crippen molar-refractivity contribution in [2.75, 3.05) is 6.54 Å². The monoisotopic (exact) mass is 207 g/mol. The fourth-order valence-electron chi connectivity index (χ4n) is 1.91. The maximum atomic E-state index is 4.29. The minimum absolute atomic E-state index is 0.429. The summed E-state index contributed by atoms with van der Waals surface area (Å²) in [6, 6.07) is 0.429. The van der Waals surface area contributed by atoms with Gasteiger partial charge in [0.2, 0.25) is 0 Å². The van der Waals surface area contributed by atoms with E-state index in [0.717, 1.165) is 24.9 Å². The largest absolute Gasteiger partial charge is 0.310 e. The Morgan fingerprint density at radius 2 is 2.40 bits per heavy atom. The van der Waals surface area contributed by atoms with Crippen molar-refractivity contribution in [3.8, 4) is 0 Å². The van der Waals surface area contributed by atoms with Crippen LogP contribution in [0.15, 0.2) is 12.4 Å². The summed E-state index contributed by atoms with van der Waals surface area (Å²) >= 11 is 0. The molecule has 1 fully saturated rings. The van der Waals surface area contributed by atoms with E-state index in [1.807, 2.05) is 10.9 Å². The highest BCUT2D eigenvalue weighted by Gasteiger charge is 2.32. The summed E-state index contributed by atoms with van der Waals surface area (Å²) in [6.45, 7) is 8.75.